The van der Waals surface area contributed by atoms with Gasteiger partial charge in [0.15, 0.2) is 18.1 Å². The maximum absolute atomic E-state index is 12.2. The van der Waals surface area contributed by atoms with Gasteiger partial charge < -0.3 is 19.1 Å². The van der Waals surface area contributed by atoms with E-state index in [0.717, 1.165) is 25.1 Å². The Balaban J connectivity index is 1.48. The van der Waals surface area contributed by atoms with Crippen LogP contribution in [0.4, 0.5) is 0 Å². The van der Waals surface area contributed by atoms with Crippen molar-refractivity contribution in [2.45, 2.75) is 20.3 Å². The minimum atomic E-state index is -0.538. The molecule has 0 spiro atoms. The van der Waals surface area contributed by atoms with Crippen LogP contribution in [0.1, 0.15) is 25.8 Å². The van der Waals surface area contributed by atoms with Gasteiger partial charge in [-0.2, -0.15) is 0 Å². The normalized spacial score (nSPS) is 22.2. The fourth-order valence-corrected chi connectivity index (χ4v) is 3.32. The predicted octanol–water partition coefficient (Wildman–Crippen LogP) is 2.48. The van der Waals surface area contributed by atoms with Gasteiger partial charge in [-0.1, -0.05) is 19.9 Å². The van der Waals surface area contributed by atoms with Gasteiger partial charge in [-0.3, -0.25) is 4.79 Å². The summed E-state index contributed by atoms with van der Waals surface area (Å²) in [5.41, 5.74) is 0.797. The quantitative estimate of drug-likeness (QED) is 0.620. The topological polar surface area (TPSA) is 65.1 Å². The molecule has 0 aliphatic carbocycles. The lowest BCUT2D eigenvalue weighted by molar-refractivity contribution is -0.149. The summed E-state index contributed by atoms with van der Waals surface area (Å²) in [5, 5.41) is 0. The molecular weight excluding hydrogens is 322 g/mol. The average Bonchev–Trinajstić information content (AvgIpc) is 3.04. The fourth-order valence-electron chi connectivity index (χ4n) is 3.32. The van der Waals surface area contributed by atoms with Crippen LogP contribution in [0.5, 0.6) is 11.5 Å². The van der Waals surface area contributed by atoms with E-state index in [1.165, 1.54) is 6.08 Å². The molecule has 1 aromatic carbocycles. The van der Waals surface area contributed by atoms with E-state index in [0.29, 0.717) is 23.3 Å². The Morgan fingerprint density at radius 2 is 1.92 bits per heavy atom. The number of piperidine rings is 1. The average molecular weight is 345 g/mol. The highest BCUT2D eigenvalue weighted by Gasteiger charge is 2.25. The summed E-state index contributed by atoms with van der Waals surface area (Å²) in [5.74, 6) is 1.63. The summed E-state index contributed by atoms with van der Waals surface area (Å²) in [6, 6.07) is 5.39. The highest BCUT2D eigenvalue weighted by Crippen LogP contribution is 2.32. The molecule has 1 saturated heterocycles. The lowest BCUT2D eigenvalue weighted by Gasteiger charge is -2.34. The number of hydrogen-bond acceptors (Lipinski definition) is 5. The van der Waals surface area contributed by atoms with Crippen molar-refractivity contribution in [3.8, 4) is 11.5 Å². The summed E-state index contributed by atoms with van der Waals surface area (Å²) in [6.07, 6.45) is 4.06. The maximum Gasteiger partial charge on any atom is 0.331 e. The van der Waals surface area contributed by atoms with E-state index >= 15 is 0 Å². The smallest absolute Gasteiger partial charge is 0.331 e. The number of esters is 1. The first kappa shape index (κ1) is 17.3. The van der Waals surface area contributed by atoms with E-state index in [4.69, 9.17) is 14.2 Å². The van der Waals surface area contributed by atoms with Crippen molar-refractivity contribution in [1.29, 1.82) is 0 Å². The summed E-state index contributed by atoms with van der Waals surface area (Å²) in [6.45, 7) is 5.72. The van der Waals surface area contributed by atoms with Gasteiger partial charge in [-0.25, -0.2) is 4.79 Å². The molecule has 3 rings (SSSR count). The number of hydrogen-bond donors (Lipinski definition) is 0. The Bertz CT molecular complexity index is 674. The third-order valence-corrected chi connectivity index (χ3v) is 4.37. The lowest BCUT2D eigenvalue weighted by atomic mass is 9.92. The van der Waals surface area contributed by atoms with Crippen LogP contribution in [0.15, 0.2) is 24.3 Å². The Morgan fingerprint density at radius 3 is 2.68 bits per heavy atom. The fraction of sp³-hybridized carbons (Fsp3) is 0.474. The van der Waals surface area contributed by atoms with Crippen LogP contribution in [-0.2, 0) is 14.3 Å². The summed E-state index contributed by atoms with van der Waals surface area (Å²) >= 11 is 0. The molecule has 2 aliphatic rings. The highest BCUT2D eigenvalue weighted by atomic mass is 16.7. The molecule has 0 aromatic heterocycles. The number of rotatable bonds is 4. The Morgan fingerprint density at radius 1 is 1.20 bits per heavy atom. The molecular formula is C19H23NO5. The molecule has 2 heterocycles. The summed E-state index contributed by atoms with van der Waals surface area (Å²) in [7, 11) is 0. The van der Waals surface area contributed by atoms with Gasteiger partial charge in [0.1, 0.15) is 0 Å². The minimum Gasteiger partial charge on any atom is -0.454 e. The van der Waals surface area contributed by atoms with E-state index in [1.54, 1.807) is 23.1 Å². The van der Waals surface area contributed by atoms with E-state index in [2.05, 4.69) is 13.8 Å². The largest absolute Gasteiger partial charge is 0.454 e. The number of carbonyl (C=O) groups excluding carboxylic acids is 2. The molecule has 0 saturated carbocycles. The number of nitrogens with zero attached hydrogens (tertiary/aromatic N) is 1. The lowest BCUT2D eigenvalue weighted by Crippen LogP contribution is -2.44. The molecule has 2 aliphatic heterocycles. The summed E-state index contributed by atoms with van der Waals surface area (Å²) in [4.78, 5) is 25.8. The molecule has 6 heteroatoms. The number of benzene rings is 1. The van der Waals surface area contributed by atoms with Gasteiger partial charge in [-0.15, -0.1) is 0 Å². The number of likely N-dealkylation sites (tertiary alicyclic amines) is 1. The van der Waals surface area contributed by atoms with E-state index in [9.17, 15) is 9.59 Å². The number of carbonyl (C=O) groups is 2. The van der Waals surface area contributed by atoms with Crippen LogP contribution in [0, 0.1) is 11.8 Å². The zero-order valence-corrected chi connectivity index (χ0v) is 14.6. The molecule has 134 valence electrons. The molecule has 2 unspecified atom stereocenters. The van der Waals surface area contributed by atoms with Crippen LogP contribution in [0.25, 0.3) is 6.08 Å². The molecule has 2 atom stereocenters. The van der Waals surface area contributed by atoms with Crippen LogP contribution >= 0.6 is 0 Å². The molecule has 0 bridgehead atoms. The standard InChI is InChI=1S/C19H23NO5/c1-13-7-14(2)10-20(9-13)18(21)11-23-19(22)6-4-15-3-5-16-17(8-15)25-12-24-16/h3-6,8,13-14H,7,9-12H2,1-2H3. The van der Waals surface area contributed by atoms with Crippen molar-refractivity contribution >= 4 is 18.0 Å². The van der Waals surface area contributed by atoms with Gasteiger partial charge in [0.2, 0.25) is 6.79 Å². The van der Waals surface area contributed by atoms with Crippen LogP contribution in [0.2, 0.25) is 0 Å². The van der Waals surface area contributed by atoms with Crippen molar-refractivity contribution in [2.24, 2.45) is 11.8 Å². The second-order valence-corrected chi connectivity index (χ2v) is 6.80. The van der Waals surface area contributed by atoms with Crippen molar-refractivity contribution in [2.75, 3.05) is 26.5 Å². The number of fused-ring (bicyclic) bond motifs is 1. The van der Waals surface area contributed by atoms with E-state index in [1.807, 2.05) is 6.07 Å². The molecule has 1 aromatic rings. The van der Waals surface area contributed by atoms with Crippen LogP contribution < -0.4 is 9.47 Å². The SMILES string of the molecule is CC1CC(C)CN(C(=O)COC(=O)C=Cc2ccc3c(c2)OCO3)C1. The van der Waals surface area contributed by atoms with Gasteiger partial charge in [0.25, 0.3) is 5.91 Å². The van der Waals surface area contributed by atoms with E-state index < -0.39 is 5.97 Å². The molecule has 25 heavy (non-hydrogen) atoms. The van der Waals surface area contributed by atoms with Gasteiger partial charge in [0.05, 0.1) is 0 Å². The first-order valence-corrected chi connectivity index (χ1v) is 8.53. The van der Waals surface area contributed by atoms with Crippen molar-refractivity contribution < 1.29 is 23.8 Å². The Labute approximate surface area is 147 Å². The summed E-state index contributed by atoms with van der Waals surface area (Å²) < 4.78 is 15.6. The van der Waals surface area contributed by atoms with Gasteiger partial charge in [0, 0.05) is 19.2 Å². The first-order chi connectivity index (χ1) is 12.0. The molecule has 0 N–H and O–H groups in total. The van der Waals surface area contributed by atoms with Crippen LogP contribution in [0.3, 0.4) is 0 Å². The number of amides is 1. The van der Waals surface area contributed by atoms with Crippen molar-refractivity contribution in [3.63, 3.8) is 0 Å². The molecule has 6 nitrogen and oxygen atoms in total. The third kappa shape index (κ3) is 4.53. The van der Waals surface area contributed by atoms with Gasteiger partial charge in [-0.05, 0) is 42.0 Å². The molecule has 0 radical (unpaired) electrons. The minimum absolute atomic E-state index is 0.136. The zero-order chi connectivity index (χ0) is 17.8. The highest BCUT2D eigenvalue weighted by molar-refractivity contribution is 5.89. The first-order valence-electron chi connectivity index (χ1n) is 8.53. The van der Waals surface area contributed by atoms with Gasteiger partial charge >= 0.3 is 5.97 Å². The second kappa shape index (κ2) is 7.59. The predicted molar refractivity (Wildman–Crippen MR) is 92.1 cm³/mol. The maximum atomic E-state index is 12.2. The van der Waals surface area contributed by atoms with Crippen molar-refractivity contribution in [3.05, 3.63) is 29.8 Å². The number of ether oxygens (including phenoxy) is 3. The Hall–Kier alpha value is -2.50. The Kier molecular flexibility index (Phi) is 5.26. The second-order valence-electron chi connectivity index (χ2n) is 6.80. The zero-order valence-electron chi connectivity index (χ0n) is 14.6. The monoisotopic (exact) mass is 345 g/mol. The van der Waals surface area contributed by atoms with Crippen molar-refractivity contribution in [1.82, 2.24) is 4.90 Å². The third-order valence-electron chi connectivity index (χ3n) is 4.37. The van der Waals surface area contributed by atoms with E-state index in [-0.39, 0.29) is 19.3 Å². The molecule has 1 fully saturated rings. The van der Waals surface area contributed by atoms with Crippen LogP contribution in [-0.4, -0.2) is 43.3 Å². The molecule has 1 amide bonds.